The van der Waals surface area contributed by atoms with Crippen LogP contribution >= 0.6 is 0 Å². The van der Waals surface area contributed by atoms with E-state index in [2.05, 4.69) is 5.32 Å². The van der Waals surface area contributed by atoms with Gasteiger partial charge in [0.05, 0.1) is 17.6 Å². The van der Waals surface area contributed by atoms with Gasteiger partial charge in [0.15, 0.2) is 0 Å². The van der Waals surface area contributed by atoms with Crippen LogP contribution in [0.1, 0.15) is 13.3 Å². The predicted octanol–water partition coefficient (Wildman–Crippen LogP) is -0.890. The van der Waals surface area contributed by atoms with Gasteiger partial charge in [0.2, 0.25) is 5.91 Å². The number of fused-ring (bicyclic) bond motifs is 1. The van der Waals surface area contributed by atoms with E-state index in [1.165, 1.54) is 0 Å². The molecule has 1 amide bonds. The van der Waals surface area contributed by atoms with Gasteiger partial charge in [-0.25, -0.2) is 0 Å². The van der Waals surface area contributed by atoms with Crippen molar-refractivity contribution in [1.29, 1.82) is 0 Å². The molecule has 0 heterocycles. The second kappa shape index (κ2) is 2.45. The zero-order valence-corrected chi connectivity index (χ0v) is 7.82. The lowest BCUT2D eigenvalue weighted by molar-refractivity contribution is -0.132. The van der Waals surface area contributed by atoms with Crippen molar-refractivity contribution in [3.8, 4) is 0 Å². The minimum atomic E-state index is -0.882. The van der Waals surface area contributed by atoms with Gasteiger partial charge in [-0.05, 0) is 18.3 Å². The SMILES string of the molecule is CNC(=O)C12CC1[C@@H](C)[C@H](O)[C@@H]2O. The highest BCUT2D eigenvalue weighted by Gasteiger charge is 2.73. The highest BCUT2D eigenvalue weighted by Crippen LogP contribution is 2.65. The maximum atomic E-state index is 11.5. The Morgan fingerprint density at radius 2 is 2.15 bits per heavy atom. The average molecular weight is 185 g/mol. The minimum Gasteiger partial charge on any atom is -0.390 e. The van der Waals surface area contributed by atoms with E-state index in [9.17, 15) is 15.0 Å². The van der Waals surface area contributed by atoms with Crippen LogP contribution in [-0.4, -0.2) is 35.4 Å². The Bertz CT molecular complexity index is 253. The zero-order valence-electron chi connectivity index (χ0n) is 7.82. The van der Waals surface area contributed by atoms with Crippen molar-refractivity contribution in [2.45, 2.75) is 25.6 Å². The molecule has 0 spiro atoms. The van der Waals surface area contributed by atoms with E-state index in [4.69, 9.17) is 0 Å². The summed E-state index contributed by atoms with van der Waals surface area (Å²) in [6.45, 7) is 1.89. The van der Waals surface area contributed by atoms with Crippen molar-refractivity contribution in [3.63, 3.8) is 0 Å². The predicted molar refractivity (Wildman–Crippen MR) is 45.8 cm³/mol. The number of carbonyl (C=O) groups excluding carboxylic acids is 1. The van der Waals surface area contributed by atoms with Crippen molar-refractivity contribution in [2.24, 2.45) is 17.3 Å². The van der Waals surface area contributed by atoms with E-state index in [1.807, 2.05) is 6.92 Å². The first-order chi connectivity index (χ1) is 6.05. The molecule has 4 heteroatoms. The van der Waals surface area contributed by atoms with Crippen molar-refractivity contribution >= 4 is 5.91 Å². The van der Waals surface area contributed by atoms with Crippen LogP contribution in [0.25, 0.3) is 0 Å². The van der Waals surface area contributed by atoms with Gasteiger partial charge in [0.25, 0.3) is 0 Å². The molecule has 0 radical (unpaired) electrons. The Balaban J connectivity index is 2.25. The fourth-order valence-corrected chi connectivity index (χ4v) is 2.76. The molecule has 2 fully saturated rings. The molecule has 2 unspecified atom stereocenters. The van der Waals surface area contributed by atoms with Crippen LogP contribution in [0.5, 0.6) is 0 Å². The van der Waals surface area contributed by atoms with Crippen molar-refractivity contribution < 1.29 is 15.0 Å². The molecule has 0 aromatic heterocycles. The fourth-order valence-electron chi connectivity index (χ4n) is 2.76. The summed E-state index contributed by atoms with van der Waals surface area (Å²) < 4.78 is 0. The number of hydrogen-bond acceptors (Lipinski definition) is 3. The van der Waals surface area contributed by atoms with Crippen LogP contribution in [0, 0.1) is 17.3 Å². The lowest BCUT2D eigenvalue weighted by atomic mass is 9.97. The maximum Gasteiger partial charge on any atom is 0.228 e. The second-order valence-corrected chi connectivity index (χ2v) is 4.22. The Labute approximate surface area is 76.9 Å². The van der Waals surface area contributed by atoms with E-state index >= 15 is 0 Å². The molecule has 2 aliphatic rings. The second-order valence-electron chi connectivity index (χ2n) is 4.22. The third kappa shape index (κ3) is 0.849. The fraction of sp³-hybridized carbons (Fsp3) is 0.889. The summed E-state index contributed by atoms with van der Waals surface area (Å²) >= 11 is 0. The van der Waals surface area contributed by atoms with E-state index in [-0.39, 0.29) is 17.7 Å². The van der Waals surface area contributed by atoms with Crippen molar-refractivity contribution in [2.75, 3.05) is 7.05 Å². The first kappa shape index (κ1) is 8.97. The zero-order chi connectivity index (χ0) is 9.80. The average Bonchev–Trinajstić information content (AvgIpc) is 2.85. The third-order valence-electron chi connectivity index (χ3n) is 3.73. The molecule has 74 valence electrons. The third-order valence-corrected chi connectivity index (χ3v) is 3.73. The summed E-state index contributed by atoms with van der Waals surface area (Å²) in [7, 11) is 1.56. The van der Waals surface area contributed by atoms with E-state index in [0.29, 0.717) is 6.42 Å². The number of nitrogens with one attached hydrogen (secondary N) is 1. The van der Waals surface area contributed by atoms with Crippen molar-refractivity contribution in [1.82, 2.24) is 5.32 Å². The molecule has 3 N–H and O–H groups in total. The van der Waals surface area contributed by atoms with E-state index in [1.54, 1.807) is 7.05 Å². The van der Waals surface area contributed by atoms with Gasteiger partial charge in [-0.2, -0.15) is 0 Å². The summed E-state index contributed by atoms with van der Waals surface area (Å²) in [5.41, 5.74) is -0.673. The highest BCUT2D eigenvalue weighted by molar-refractivity contribution is 5.87. The quantitative estimate of drug-likeness (QED) is 0.496. The number of rotatable bonds is 1. The van der Waals surface area contributed by atoms with E-state index < -0.39 is 17.6 Å². The summed E-state index contributed by atoms with van der Waals surface area (Å²) in [5.74, 6) is 0.0677. The van der Waals surface area contributed by atoms with Gasteiger partial charge in [-0.3, -0.25) is 4.79 Å². The summed E-state index contributed by atoms with van der Waals surface area (Å²) in [4.78, 5) is 11.5. The van der Waals surface area contributed by atoms with Gasteiger partial charge in [-0.1, -0.05) is 6.92 Å². The lowest BCUT2D eigenvalue weighted by Gasteiger charge is -2.20. The Morgan fingerprint density at radius 1 is 1.54 bits per heavy atom. The van der Waals surface area contributed by atoms with E-state index in [0.717, 1.165) is 0 Å². The van der Waals surface area contributed by atoms with Crippen LogP contribution in [0.15, 0.2) is 0 Å². The van der Waals surface area contributed by atoms with Gasteiger partial charge in [0, 0.05) is 7.05 Å². The molecule has 0 saturated heterocycles. The number of carbonyl (C=O) groups is 1. The van der Waals surface area contributed by atoms with Gasteiger partial charge in [0.1, 0.15) is 0 Å². The van der Waals surface area contributed by atoms with Gasteiger partial charge < -0.3 is 15.5 Å². The first-order valence-corrected chi connectivity index (χ1v) is 4.64. The number of amides is 1. The number of aliphatic hydroxyl groups excluding tert-OH is 2. The molecular formula is C9H15NO3. The summed E-state index contributed by atoms with van der Waals surface area (Å²) in [6, 6.07) is 0. The Hall–Kier alpha value is -0.610. The van der Waals surface area contributed by atoms with Gasteiger partial charge in [-0.15, -0.1) is 0 Å². The Kier molecular flexibility index (Phi) is 1.69. The molecule has 4 nitrogen and oxygen atoms in total. The molecule has 2 rings (SSSR count). The molecule has 0 aliphatic heterocycles. The molecule has 0 aromatic rings. The van der Waals surface area contributed by atoms with Crippen LogP contribution in [0.4, 0.5) is 0 Å². The van der Waals surface area contributed by atoms with Crippen LogP contribution in [-0.2, 0) is 4.79 Å². The Morgan fingerprint density at radius 3 is 2.54 bits per heavy atom. The largest absolute Gasteiger partial charge is 0.390 e. The molecule has 13 heavy (non-hydrogen) atoms. The molecular weight excluding hydrogens is 170 g/mol. The van der Waals surface area contributed by atoms with Crippen molar-refractivity contribution in [3.05, 3.63) is 0 Å². The molecule has 0 bridgehead atoms. The minimum absolute atomic E-state index is 0.0345. The summed E-state index contributed by atoms with van der Waals surface area (Å²) in [6.07, 6.45) is -0.907. The molecule has 0 aromatic carbocycles. The van der Waals surface area contributed by atoms with Crippen LogP contribution < -0.4 is 5.32 Å². The molecule has 2 saturated carbocycles. The van der Waals surface area contributed by atoms with Crippen LogP contribution in [0.3, 0.4) is 0 Å². The highest BCUT2D eigenvalue weighted by atomic mass is 16.3. The molecule has 2 aliphatic carbocycles. The van der Waals surface area contributed by atoms with Crippen LogP contribution in [0.2, 0.25) is 0 Å². The smallest absolute Gasteiger partial charge is 0.228 e. The number of aliphatic hydroxyl groups is 2. The monoisotopic (exact) mass is 185 g/mol. The standard InChI is InChI=1S/C9H15NO3/c1-4-5-3-9(5,8(13)10-2)7(12)6(4)11/h4-7,11-12H,3H2,1-2H3,(H,10,13)/t4-,5?,6+,7+,9?/m1/s1. The summed E-state index contributed by atoms with van der Waals surface area (Å²) in [5, 5.41) is 21.8. The maximum absolute atomic E-state index is 11.5. The normalized spacial score (nSPS) is 52.9. The van der Waals surface area contributed by atoms with Gasteiger partial charge >= 0.3 is 0 Å². The molecule has 5 atom stereocenters. The number of hydrogen-bond donors (Lipinski definition) is 3. The lowest BCUT2D eigenvalue weighted by Crippen LogP contribution is -2.41. The topological polar surface area (TPSA) is 69.6 Å². The first-order valence-electron chi connectivity index (χ1n) is 4.64.